The highest BCUT2D eigenvalue weighted by molar-refractivity contribution is 5.90. The molecule has 0 spiro atoms. The van der Waals surface area contributed by atoms with Gasteiger partial charge in [-0.25, -0.2) is 0 Å². The normalized spacial score (nSPS) is 25.2. The zero-order valence-corrected chi connectivity index (χ0v) is 15.1. The zero-order valence-electron chi connectivity index (χ0n) is 15.1. The van der Waals surface area contributed by atoms with Gasteiger partial charge in [0.25, 0.3) is 0 Å². The van der Waals surface area contributed by atoms with Gasteiger partial charge in [0.05, 0.1) is 12.0 Å². The zero-order chi connectivity index (χ0) is 18.0. The molecule has 1 aromatic rings. The summed E-state index contributed by atoms with van der Waals surface area (Å²) >= 11 is 0. The Morgan fingerprint density at radius 2 is 2.08 bits per heavy atom. The van der Waals surface area contributed by atoms with Crippen LogP contribution in [0, 0.1) is 17.3 Å². The van der Waals surface area contributed by atoms with Crippen molar-refractivity contribution < 1.29 is 14.3 Å². The number of amides is 1. The molecule has 4 heteroatoms. The number of esters is 1. The average Bonchev–Trinajstić information content (AvgIpc) is 3.02. The van der Waals surface area contributed by atoms with Crippen molar-refractivity contribution >= 4 is 17.6 Å². The van der Waals surface area contributed by atoms with Gasteiger partial charge in [0.15, 0.2) is 0 Å². The molecule has 1 aliphatic carbocycles. The summed E-state index contributed by atoms with van der Waals surface area (Å²) in [5, 5.41) is 2.93. The highest BCUT2D eigenvalue weighted by Crippen LogP contribution is 2.52. The molecule has 0 bridgehead atoms. The molecular weight excluding hydrogens is 314 g/mol. The minimum absolute atomic E-state index is 0.0478. The molecular formula is C21H27NO3. The van der Waals surface area contributed by atoms with Gasteiger partial charge in [0, 0.05) is 18.0 Å². The topological polar surface area (TPSA) is 55.4 Å². The Bertz CT molecular complexity index is 677. The lowest BCUT2D eigenvalue weighted by Gasteiger charge is -2.24. The summed E-state index contributed by atoms with van der Waals surface area (Å²) in [4.78, 5) is 24.3. The fourth-order valence-corrected chi connectivity index (χ4v) is 3.98. The van der Waals surface area contributed by atoms with Crippen molar-refractivity contribution in [3.8, 4) is 0 Å². The number of fused-ring (bicyclic) bond motifs is 1. The molecule has 1 amide bonds. The van der Waals surface area contributed by atoms with Crippen molar-refractivity contribution in [2.24, 2.45) is 17.3 Å². The number of allylic oxidation sites excluding steroid dienone is 1. The number of anilines is 1. The lowest BCUT2D eigenvalue weighted by molar-refractivity contribution is -0.146. The van der Waals surface area contributed by atoms with Crippen LogP contribution in [0.1, 0.15) is 45.1 Å². The first-order valence-corrected chi connectivity index (χ1v) is 9.12. The van der Waals surface area contributed by atoms with E-state index in [0.29, 0.717) is 25.4 Å². The van der Waals surface area contributed by atoms with Gasteiger partial charge >= 0.3 is 5.97 Å². The minimum atomic E-state index is -0.431. The summed E-state index contributed by atoms with van der Waals surface area (Å²) < 4.78 is 5.33. The summed E-state index contributed by atoms with van der Waals surface area (Å²) in [6.07, 6.45) is 3.72. The van der Waals surface area contributed by atoms with Crippen molar-refractivity contribution in [2.45, 2.75) is 46.0 Å². The molecule has 2 aliphatic rings. The molecule has 4 nitrogen and oxygen atoms in total. The monoisotopic (exact) mass is 341 g/mol. The van der Waals surface area contributed by atoms with Gasteiger partial charge in [-0.1, -0.05) is 38.1 Å². The third kappa shape index (κ3) is 3.78. The maximum atomic E-state index is 12.3. The summed E-state index contributed by atoms with van der Waals surface area (Å²) in [6.45, 7) is 8.82. The molecule has 1 saturated heterocycles. The predicted octanol–water partition coefficient (Wildman–Crippen LogP) is 4.11. The second kappa shape index (κ2) is 7.03. The van der Waals surface area contributed by atoms with Gasteiger partial charge in [-0.2, -0.15) is 0 Å². The number of cyclic esters (lactones) is 1. The highest BCUT2D eigenvalue weighted by atomic mass is 16.5. The molecule has 1 heterocycles. The Balaban J connectivity index is 1.64. The van der Waals surface area contributed by atoms with E-state index in [2.05, 4.69) is 25.7 Å². The molecule has 134 valence electrons. The summed E-state index contributed by atoms with van der Waals surface area (Å²) in [5.41, 5.74) is 2.62. The van der Waals surface area contributed by atoms with E-state index in [1.54, 1.807) is 0 Å². The summed E-state index contributed by atoms with van der Waals surface area (Å²) in [5.74, 6) is 0.740. The van der Waals surface area contributed by atoms with E-state index in [1.165, 1.54) is 0 Å². The number of hydrogen-bond acceptors (Lipinski definition) is 3. The molecule has 2 fully saturated rings. The van der Waals surface area contributed by atoms with Crippen LogP contribution in [0.3, 0.4) is 0 Å². The van der Waals surface area contributed by atoms with Crippen LogP contribution in [-0.2, 0) is 20.7 Å². The average molecular weight is 341 g/mol. The molecule has 1 aromatic carbocycles. The lowest BCUT2D eigenvalue weighted by atomic mass is 9.75. The standard InChI is InChI=1S/C21H27NO3/c1-14(2)4-9-19(23)22-18-7-5-16(6-8-18)12-21-11-15(3)10-17(21)13-25-20(21)24/h5-8,14,17H,3-4,9-13H2,1-2H3,(H,22,23). The van der Waals surface area contributed by atoms with E-state index < -0.39 is 5.41 Å². The van der Waals surface area contributed by atoms with Crippen LogP contribution in [-0.4, -0.2) is 18.5 Å². The second-order valence-corrected chi connectivity index (χ2v) is 7.94. The van der Waals surface area contributed by atoms with Crippen LogP contribution in [0.5, 0.6) is 0 Å². The maximum Gasteiger partial charge on any atom is 0.313 e. The largest absolute Gasteiger partial charge is 0.465 e. The van der Waals surface area contributed by atoms with Gasteiger partial charge in [-0.3, -0.25) is 9.59 Å². The summed E-state index contributed by atoms with van der Waals surface area (Å²) in [7, 11) is 0. The number of carbonyl (C=O) groups is 2. The van der Waals surface area contributed by atoms with E-state index in [9.17, 15) is 9.59 Å². The second-order valence-electron chi connectivity index (χ2n) is 7.94. The Morgan fingerprint density at radius 3 is 2.76 bits per heavy atom. The van der Waals surface area contributed by atoms with Crippen LogP contribution < -0.4 is 5.32 Å². The number of carbonyl (C=O) groups excluding carboxylic acids is 2. The van der Waals surface area contributed by atoms with Gasteiger partial charge in [-0.15, -0.1) is 0 Å². The first-order chi connectivity index (χ1) is 11.9. The Morgan fingerprint density at radius 1 is 1.36 bits per heavy atom. The van der Waals surface area contributed by atoms with Gasteiger partial charge < -0.3 is 10.1 Å². The van der Waals surface area contributed by atoms with E-state index in [4.69, 9.17) is 4.74 Å². The molecule has 3 rings (SSSR count). The van der Waals surface area contributed by atoms with Crippen molar-refractivity contribution in [1.82, 2.24) is 0 Å². The van der Waals surface area contributed by atoms with E-state index >= 15 is 0 Å². The van der Waals surface area contributed by atoms with Gasteiger partial charge in [0.1, 0.15) is 0 Å². The number of ether oxygens (including phenoxy) is 1. The third-order valence-corrected chi connectivity index (χ3v) is 5.41. The number of hydrogen-bond donors (Lipinski definition) is 1. The molecule has 2 unspecified atom stereocenters. The molecule has 2 atom stereocenters. The van der Waals surface area contributed by atoms with Crippen molar-refractivity contribution in [3.05, 3.63) is 42.0 Å². The van der Waals surface area contributed by atoms with Crippen LogP contribution in [0.25, 0.3) is 0 Å². The number of benzene rings is 1. The Hall–Kier alpha value is -2.10. The van der Waals surface area contributed by atoms with Gasteiger partial charge in [0.2, 0.25) is 5.91 Å². The third-order valence-electron chi connectivity index (χ3n) is 5.41. The van der Waals surface area contributed by atoms with E-state index in [0.717, 1.165) is 36.1 Å². The van der Waals surface area contributed by atoms with Crippen molar-refractivity contribution in [3.63, 3.8) is 0 Å². The number of rotatable bonds is 6. The highest BCUT2D eigenvalue weighted by Gasteiger charge is 2.55. The number of nitrogens with one attached hydrogen (secondary N) is 1. The predicted molar refractivity (Wildman–Crippen MR) is 98.1 cm³/mol. The smallest absolute Gasteiger partial charge is 0.313 e. The van der Waals surface area contributed by atoms with Crippen molar-refractivity contribution in [1.29, 1.82) is 0 Å². The van der Waals surface area contributed by atoms with Gasteiger partial charge in [-0.05, 0) is 49.3 Å². The maximum absolute atomic E-state index is 12.3. The lowest BCUT2D eigenvalue weighted by Crippen LogP contribution is -2.31. The molecule has 1 aliphatic heterocycles. The van der Waals surface area contributed by atoms with E-state index in [-0.39, 0.29) is 17.8 Å². The SMILES string of the molecule is C=C1CC2COC(=O)C2(Cc2ccc(NC(=O)CCC(C)C)cc2)C1. The molecule has 0 aromatic heterocycles. The fourth-order valence-electron chi connectivity index (χ4n) is 3.98. The summed E-state index contributed by atoms with van der Waals surface area (Å²) in [6, 6.07) is 7.82. The molecule has 1 saturated carbocycles. The van der Waals surface area contributed by atoms with E-state index in [1.807, 2.05) is 24.3 Å². The van der Waals surface area contributed by atoms with Crippen LogP contribution >= 0.6 is 0 Å². The molecule has 1 N–H and O–H groups in total. The first kappa shape index (κ1) is 17.7. The first-order valence-electron chi connectivity index (χ1n) is 9.12. The van der Waals surface area contributed by atoms with Crippen LogP contribution in [0.2, 0.25) is 0 Å². The molecule has 25 heavy (non-hydrogen) atoms. The minimum Gasteiger partial charge on any atom is -0.465 e. The van der Waals surface area contributed by atoms with Crippen molar-refractivity contribution in [2.75, 3.05) is 11.9 Å². The Labute approximate surface area is 149 Å². The molecule has 0 radical (unpaired) electrons. The van der Waals surface area contributed by atoms with Crippen LogP contribution in [0.15, 0.2) is 36.4 Å². The Kier molecular flexibility index (Phi) is 4.98. The fraction of sp³-hybridized carbons (Fsp3) is 0.524. The quantitative estimate of drug-likeness (QED) is 0.626. The van der Waals surface area contributed by atoms with Crippen LogP contribution in [0.4, 0.5) is 5.69 Å².